The van der Waals surface area contributed by atoms with Crippen LogP contribution in [0, 0.1) is 29.5 Å². The van der Waals surface area contributed by atoms with Crippen LogP contribution < -0.4 is 4.74 Å². The van der Waals surface area contributed by atoms with Crippen molar-refractivity contribution in [2.45, 2.75) is 114 Å². The van der Waals surface area contributed by atoms with Crippen molar-refractivity contribution in [2.75, 3.05) is 0 Å². The van der Waals surface area contributed by atoms with Gasteiger partial charge in [-0.2, -0.15) is 8.78 Å². The first-order valence-corrected chi connectivity index (χ1v) is 14.3. The van der Waals surface area contributed by atoms with Crippen molar-refractivity contribution in [3.63, 3.8) is 0 Å². The van der Waals surface area contributed by atoms with Crippen LogP contribution in [0.15, 0.2) is 23.1 Å². The van der Waals surface area contributed by atoms with Crippen LogP contribution in [-0.4, -0.2) is 11.7 Å². The van der Waals surface area contributed by atoms with Gasteiger partial charge >= 0.3 is 5.97 Å². The Morgan fingerprint density at radius 3 is 2.18 bits per heavy atom. The molecule has 2 aliphatic rings. The maximum atomic E-state index is 14.0. The second-order valence-electron chi connectivity index (χ2n) is 10.3. The van der Waals surface area contributed by atoms with Crippen LogP contribution in [0.3, 0.4) is 0 Å². The number of carbonyl (C=O) groups excluding carboxylic acids is 1. The smallest absolute Gasteiger partial charge is 0.314 e. The molecule has 192 valence electrons. The Kier molecular flexibility index (Phi) is 11.6. The number of esters is 1. The van der Waals surface area contributed by atoms with E-state index < -0.39 is 11.6 Å². The molecule has 0 saturated heterocycles. The summed E-state index contributed by atoms with van der Waals surface area (Å²) in [7, 11) is 0. The molecular weight excluding hydrogens is 457 g/mol. The third-order valence-corrected chi connectivity index (χ3v) is 8.73. The standard InChI is InChI=1S/C28H41F3O2S/c1-2-3-4-5-6-7-8-20-9-11-21(12-10-20)22-13-15-23(16-14-22)27(32)33-24-17-18-26(25(29)19-24)34-28(30)31/h17-23,28H,2-16H2,1H3. The molecule has 0 aliphatic heterocycles. The number of thioether (sulfide) groups is 1. The van der Waals surface area contributed by atoms with Crippen molar-refractivity contribution in [3.05, 3.63) is 24.0 Å². The highest BCUT2D eigenvalue weighted by Crippen LogP contribution is 2.42. The second kappa shape index (κ2) is 14.4. The number of alkyl halides is 2. The summed E-state index contributed by atoms with van der Waals surface area (Å²) < 4.78 is 44.3. The minimum absolute atomic E-state index is 0.0897. The molecule has 2 aliphatic carbocycles. The van der Waals surface area contributed by atoms with Gasteiger partial charge in [0, 0.05) is 11.0 Å². The lowest BCUT2D eigenvalue weighted by Gasteiger charge is -2.37. The molecule has 0 atom stereocenters. The van der Waals surface area contributed by atoms with Gasteiger partial charge in [0.05, 0.1) is 5.92 Å². The molecule has 6 heteroatoms. The van der Waals surface area contributed by atoms with Crippen LogP contribution in [0.4, 0.5) is 13.2 Å². The molecule has 0 spiro atoms. The van der Waals surface area contributed by atoms with E-state index >= 15 is 0 Å². The number of ether oxygens (including phenoxy) is 1. The molecule has 2 nitrogen and oxygen atoms in total. The average molecular weight is 499 g/mol. The van der Waals surface area contributed by atoms with Crippen molar-refractivity contribution in [1.82, 2.24) is 0 Å². The van der Waals surface area contributed by atoms with Gasteiger partial charge in [0.2, 0.25) is 0 Å². The van der Waals surface area contributed by atoms with Gasteiger partial charge in [-0.3, -0.25) is 4.79 Å². The maximum Gasteiger partial charge on any atom is 0.314 e. The number of carbonyl (C=O) groups is 1. The van der Waals surface area contributed by atoms with Crippen LogP contribution in [0.2, 0.25) is 0 Å². The largest absolute Gasteiger partial charge is 0.426 e. The molecule has 1 aromatic rings. The Labute approximate surface area is 207 Å². The van der Waals surface area contributed by atoms with E-state index in [2.05, 4.69) is 6.92 Å². The predicted molar refractivity (Wildman–Crippen MR) is 133 cm³/mol. The number of hydrogen-bond acceptors (Lipinski definition) is 3. The monoisotopic (exact) mass is 498 g/mol. The summed E-state index contributed by atoms with van der Waals surface area (Å²) in [5.41, 5.74) is 0. The summed E-state index contributed by atoms with van der Waals surface area (Å²) in [5.74, 6) is -1.44. The molecule has 0 heterocycles. The van der Waals surface area contributed by atoms with E-state index in [1.807, 2.05) is 0 Å². The van der Waals surface area contributed by atoms with Gasteiger partial charge in [-0.1, -0.05) is 76.5 Å². The number of benzene rings is 1. The van der Waals surface area contributed by atoms with Crippen LogP contribution in [0.25, 0.3) is 0 Å². The first-order chi connectivity index (χ1) is 16.5. The van der Waals surface area contributed by atoms with Crippen LogP contribution in [0.1, 0.15) is 103 Å². The van der Waals surface area contributed by atoms with Gasteiger partial charge < -0.3 is 4.74 Å². The Bertz CT molecular complexity index is 741. The predicted octanol–water partition coefficient (Wildman–Crippen LogP) is 9.41. The molecule has 0 radical (unpaired) electrons. The molecule has 0 aromatic heterocycles. The van der Waals surface area contributed by atoms with E-state index in [0.29, 0.717) is 5.92 Å². The van der Waals surface area contributed by atoms with Gasteiger partial charge in [0.1, 0.15) is 11.6 Å². The van der Waals surface area contributed by atoms with Crippen LogP contribution >= 0.6 is 11.8 Å². The Hall–Kier alpha value is -1.17. The van der Waals surface area contributed by atoms with Gasteiger partial charge in [-0.25, -0.2) is 4.39 Å². The molecule has 2 saturated carbocycles. The fourth-order valence-electron chi connectivity index (χ4n) is 5.92. The normalized spacial score (nSPS) is 25.4. The van der Waals surface area contributed by atoms with Crippen molar-refractivity contribution in [2.24, 2.45) is 23.7 Å². The van der Waals surface area contributed by atoms with E-state index in [0.717, 1.165) is 43.6 Å². The fraction of sp³-hybridized carbons (Fsp3) is 0.750. The molecule has 0 N–H and O–H groups in total. The molecule has 2 fully saturated rings. The quantitative estimate of drug-likeness (QED) is 0.124. The zero-order valence-corrected chi connectivity index (χ0v) is 21.4. The minimum Gasteiger partial charge on any atom is -0.426 e. The summed E-state index contributed by atoms with van der Waals surface area (Å²) in [6.07, 6.45) is 18.8. The first kappa shape index (κ1) is 27.4. The molecule has 0 amide bonds. The fourth-order valence-corrected chi connectivity index (χ4v) is 6.43. The zero-order chi connectivity index (χ0) is 24.3. The topological polar surface area (TPSA) is 26.3 Å². The van der Waals surface area contributed by atoms with Crippen molar-refractivity contribution in [1.29, 1.82) is 0 Å². The van der Waals surface area contributed by atoms with Gasteiger partial charge in [0.25, 0.3) is 5.76 Å². The van der Waals surface area contributed by atoms with Gasteiger partial charge in [0.15, 0.2) is 0 Å². The van der Waals surface area contributed by atoms with E-state index in [1.54, 1.807) is 0 Å². The molecule has 0 unspecified atom stereocenters. The number of unbranched alkanes of at least 4 members (excludes halogenated alkanes) is 5. The third-order valence-electron chi connectivity index (χ3n) is 7.97. The van der Waals surface area contributed by atoms with Crippen LogP contribution in [0.5, 0.6) is 5.75 Å². The molecular formula is C28H41F3O2S. The highest BCUT2D eigenvalue weighted by molar-refractivity contribution is 7.99. The molecule has 34 heavy (non-hydrogen) atoms. The van der Waals surface area contributed by atoms with Crippen LogP contribution in [-0.2, 0) is 4.79 Å². The SMILES string of the molecule is CCCCCCCCC1CCC(C2CCC(C(=O)Oc3ccc(SC(F)F)c(F)c3)CC2)CC1. The Balaban J connectivity index is 1.34. The maximum absolute atomic E-state index is 14.0. The lowest BCUT2D eigenvalue weighted by molar-refractivity contribution is -0.140. The number of hydrogen-bond donors (Lipinski definition) is 0. The minimum atomic E-state index is -2.69. The van der Waals surface area contributed by atoms with Crippen molar-refractivity contribution >= 4 is 17.7 Å². The second-order valence-corrected chi connectivity index (χ2v) is 11.4. The highest BCUT2D eigenvalue weighted by atomic mass is 32.2. The Morgan fingerprint density at radius 2 is 1.56 bits per heavy atom. The number of halogens is 3. The zero-order valence-electron chi connectivity index (χ0n) is 20.6. The van der Waals surface area contributed by atoms with E-state index in [9.17, 15) is 18.0 Å². The van der Waals surface area contributed by atoms with Crippen molar-refractivity contribution < 1.29 is 22.7 Å². The van der Waals surface area contributed by atoms with Gasteiger partial charge in [-0.05, 0) is 68.4 Å². The summed E-state index contributed by atoms with van der Waals surface area (Å²) in [6, 6.07) is 3.66. The van der Waals surface area contributed by atoms with Gasteiger partial charge in [-0.15, -0.1) is 0 Å². The first-order valence-electron chi connectivity index (χ1n) is 13.4. The summed E-state index contributed by atoms with van der Waals surface area (Å²) >= 11 is 0.153. The molecule has 0 bridgehead atoms. The van der Waals surface area contributed by atoms with E-state index in [4.69, 9.17) is 4.74 Å². The van der Waals surface area contributed by atoms with E-state index in [-0.39, 0.29) is 34.3 Å². The number of rotatable bonds is 12. The third kappa shape index (κ3) is 8.80. The highest BCUT2D eigenvalue weighted by Gasteiger charge is 2.33. The summed E-state index contributed by atoms with van der Waals surface area (Å²) in [4.78, 5) is 12.4. The Morgan fingerprint density at radius 1 is 0.941 bits per heavy atom. The molecule has 3 rings (SSSR count). The lowest BCUT2D eigenvalue weighted by Crippen LogP contribution is -2.30. The lowest BCUT2D eigenvalue weighted by atomic mass is 9.68. The summed E-state index contributed by atoms with van der Waals surface area (Å²) in [6.45, 7) is 2.26. The van der Waals surface area contributed by atoms with E-state index in [1.165, 1.54) is 82.8 Å². The summed E-state index contributed by atoms with van der Waals surface area (Å²) in [5, 5.41) is 0. The molecule has 1 aromatic carbocycles. The van der Waals surface area contributed by atoms with Crippen molar-refractivity contribution in [3.8, 4) is 5.75 Å². The average Bonchev–Trinajstić information content (AvgIpc) is 2.83.